The number of hydrogen-bond donors (Lipinski definition) is 1. The topological polar surface area (TPSA) is 55.9 Å². The Hall–Kier alpha value is -1.62. The Labute approximate surface area is 107 Å². The van der Waals surface area contributed by atoms with E-state index in [4.69, 9.17) is 0 Å². The minimum atomic E-state index is -0.535. The van der Waals surface area contributed by atoms with E-state index in [2.05, 4.69) is 23.1 Å². The van der Waals surface area contributed by atoms with E-state index >= 15 is 0 Å². The van der Waals surface area contributed by atoms with Crippen LogP contribution in [0.2, 0.25) is 0 Å². The molecule has 0 saturated carbocycles. The minimum absolute atomic E-state index is 0.535. The Morgan fingerprint density at radius 3 is 2.78 bits per heavy atom. The van der Waals surface area contributed by atoms with E-state index in [1.54, 1.807) is 12.5 Å². The zero-order valence-corrected chi connectivity index (χ0v) is 11.2. The molecule has 0 radical (unpaired) electrons. The number of nitrogens with zero attached hydrogens (tertiary/aromatic N) is 4. The molecule has 0 bridgehead atoms. The molecule has 0 amide bonds. The fourth-order valence-corrected chi connectivity index (χ4v) is 2.11. The lowest BCUT2D eigenvalue weighted by molar-refractivity contribution is 0.166. The highest BCUT2D eigenvalue weighted by Gasteiger charge is 2.15. The fraction of sp³-hybridized carbons (Fsp3) is 0.538. The third-order valence-electron chi connectivity index (χ3n) is 3.22. The van der Waals surface area contributed by atoms with Crippen LogP contribution in [0.4, 0.5) is 0 Å². The van der Waals surface area contributed by atoms with Gasteiger partial charge < -0.3 is 9.67 Å². The van der Waals surface area contributed by atoms with Gasteiger partial charge in [0.15, 0.2) is 0 Å². The van der Waals surface area contributed by atoms with Crippen molar-refractivity contribution in [2.24, 2.45) is 7.05 Å². The number of hydrogen-bond acceptors (Lipinski definition) is 3. The van der Waals surface area contributed by atoms with Crippen molar-refractivity contribution in [3.05, 3.63) is 35.7 Å². The van der Waals surface area contributed by atoms with Gasteiger partial charge in [-0.15, -0.1) is 0 Å². The van der Waals surface area contributed by atoms with Crippen molar-refractivity contribution in [2.45, 2.75) is 39.3 Å². The molecule has 98 valence electrons. The second kappa shape index (κ2) is 5.35. The highest BCUT2D eigenvalue weighted by atomic mass is 16.3. The quantitative estimate of drug-likeness (QED) is 0.872. The van der Waals surface area contributed by atoms with Crippen molar-refractivity contribution >= 4 is 0 Å². The van der Waals surface area contributed by atoms with E-state index in [9.17, 15) is 5.11 Å². The van der Waals surface area contributed by atoms with Gasteiger partial charge in [-0.2, -0.15) is 5.10 Å². The molecule has 5 heteroatoms. The molecule has 18 heavy (non-hydrogen) atoms. The van der Waals surface area contributed by atoms with Crippen molar-refractivity contribution in [1.29, 1.82) is 0 Å². The summed E-state index contributed by atoms with van der Waals surface area (Å²) >= 11 is 0. The van der Waals surface area contributed by atoms with Crippen LogP contribution in [-0.2, 0) is 26.4 Å². The summed E-state index contributed by atoms with van der Waals surface area (Å²) in [6.45, 7) is 4.93. The second-order valence-corrected chi connectivity index (χ2v) is 4.43. The smallest absolute Gasteiger partial charge is 0.101 e. The molecule has 0 aromatic carbocycles. The first-order valence-electron chi connectivity index (χ1n) is 6.35. The molecule has 2 aromatic heterocycles. The van der Waals surface area contributed by atoms with E-state index in [0.29, 0.717) is 6.42 Å². The zero-order valence-electron chi connectivity index (χ0n) is 11.2. The summed E-state index contributed by atoms with van der Waals surface area (Å²) in [6.07, 6.45) is 4.42. The fourth-order valence-electron chi connectivity index (χ4n) is 2.11. The summed E-state index contributed by atoms with van der Waals surface area (Å²) in [5, 5.41) is 14.7. The number of imidazole rings is 1. The maximum Gasteiger partial charge on any atom is 0.101 e. The lowest BCUT2D eigenvalue weighted by Gasteiger charge is -2.12. The van der Waals surface area contributed by atoms with Crippen LogP contribution in [0.15, 0.2) is 18.6 Å². The maximum absolute atomic E-state index is 10.3. The Morgan fingerprint density at radius 1 is 1.39 bits per heavy atom. The molecule has 2 aromatic rings. The van der Waals surface area contributed by atoms with E-state index in [0.717, 1.165) is 30.0 Å². The molecule has 5 nitrogen and oxygen atoms in total. The zero-order chi connectivity index (χ0) is 13.1. The van der Waals surface area contributed by atoms with Gasteiger partial charge in [-0.05, 0) is 19.4 Å². The highest BCUT2D eigenvalue weighted by Crippen LogP contribution is 2.18. The molecule has 0 aliphatic heterocycles. The van der Waals surface area contributed by atoms with E-state index in [1.165, 1.54) is 0 Å². The standard InChI is InChI=1S/C13H20N4O/c1-4-10-6-11(16(3)15-10)7-13(18)12-8-14-9-17(12)5-2/h6,8-9,13,18H,4-5,7H2,1-3H3. The number of aromatic nitrogens is 4. The predicted molar refractivity (Wildman–Crippen MR) is 69.2 cm³/mol. The summed E-state index contributed by atoms with van der Waals surface area (Å²) in [5.41, 5.74) is 2.96. The Kier molecular flexibility index (Phi) is 3.81. The first-order chi connectivity index (χ1) is 8.65. The van der Waals surface area contributed by atoms with Crippen molar-refractivity contribution in [3.8, 4) is 0 Å². The van der Waals surface area contributed by atoms with Gasteiger partial charge in [-0.25, -0.2) is 4.98 Å². The van der Waals surface area contributed by atoms with Crippen LogP contribution < -0.4 is 0 Å². The van der Waals surface area contributed by atoms with E-state index < -0.39 is 6.10 Å². The van der Waals surface area contributed by atoms with Gasteiger partial charge in [0.1, 0.15) is 6.10 Å². The normalized spacial score (nSPS) is 12.9. The number of rotatable bonds is 5. The minimum Gasteiger partial charge on any atom is -0.386 e. The molecule has 0 fully saturated rings. The van der Waals surface area contributed by atoms with Gasteiger partial charge in [0.25, 0.3) is 0 Å². The van der Waals surface area contributed by atoms with Crippen molar-refractivity contribution in [3.63, 3.8) is 0 Å². The average Bonchev–Trinajstić information content (AvgIpc) is 2.96. The van der Waals surface area contributed by atoms with Crippen LogP contribution in [-0.4, -0.2) is 24.4 Å². The van der Waals surface area contributed by atoms with Crippen molar-refractivity contribution in [1.82, 2.24) is 19.3 Å². The number of aliphatic hydroxyl groups is 1. The summed E-state index contributed by atoms with van der Waals surface area (Å²) in [6, 6.07) is 2.05. The molecule has 0 aliphatic rings. The third-order valence-corrected chi connectivity index (χ3v) is 3.22. The maximum atomic E-state index is 10.3. The molecule has 0 saturated heterocycles. The molecule has 1 N–H and O–H groups in total. The first-order valence-corrected chi connectivity index (χ1v) is 6.35. The lowest BCUT2D eigenvalue weighted by Crippen LogP contribution is -2.10. The van der Waals surface area contributed by atoms with E-state index in [-0.39, 0.29) is 0 Å². The average molecular weight is 248 g/mol. The number of aryl methyl sites for hydroxylation is 3. The molecular weight excluding hydrogens is 228 g/mol. The molecule has 0 aliphatic carbocycles. The van der Waals surface area contributed by atoms with Gasteiger partial charge in [0, 0.05) is 25.7 Å². The van der Waals surface area contributed by atoms with Gasteiger partial charge in [0.2, 0.25) is 0 Å². The molecule has 1 unspecified atom stereocenters. The summed E-state index contributed by atoms with van der Waals surface area (Å²) in [7, 11) is 1.92. The van der Waals surface area contributed by atoms with Crippen LogP contribution in [0.25, 0.3) is 0 Å². The van der Waals surface area contributed by atoms with Gasteiger partial charge in [-0.1, -0.05) is 6.92 Å². The molecule has 2 heterocycles. The molecular formula is C13H20N4O. The predicted octanol–water partition coefficient (Wildman–Crippen LogP) is 1.47. The van der Waals surface area contributed by atoms with Crippen molar-refractivity contribution < 1.29 is 5.11 Å². The Balaban J connectivity index is 2.15. The second-order valence-electron chi connectivity index (χ2n) is 4.43. The van der Waals surface area contributed by atoms with Gasteiger partial charge in [0.05, 0.1) is 23.9 Å². The third kappa shape index (κ3) is 2.46. The molecule has 0 spiro atoms. The highest BCUT2D eigenvalue weighted by molar-refractivity contribution is 5.14. The first kappa shape index (κ1) is 12.8. The molecule has 2 rings (SSSR count). The van der Waals surface area contributed by atoms with Crippen LogP contribution in [0.1, 0.15) is 37.0 Å². The largest absolute Gasteiger partial charge is 0.386 e. The van der Waals surface area contributed by atoms with E-state index in [1.807, 2.05) is 23.2 Å². The van der Waals surface area contributed by atoms with Crippen LogP contribution in [0.5, 0.6) is 0 Å². The molecule has 1 atom stereocenters. The van der Waals surface area contributed by atoms with Gasteiger partial charge in [-0.3, -0.25) is 4.68 Å². The summed E-state index contributed by atoms with van der Waals surface area (Å²) in [5.74, 6) is 0. The van der Waals surface area contributed by atoms with Crippen LogP contribution >= 0.6 is 0 Å². The lowest BCUT2D eigenvalue weighted by atomic mass is 10.1. The van der Waals surface area contributed by atoms with Crippen molar-refractivity contribution in [2.75, 3.05) is 0 Å². The van der Waals surface area contributed by atoms with Crippen LogP contribution in [0, 0.1) is 0 Å². The monoisotopic (exact) mass is 248 g/mol. The Bertz CT molecular complexity index is 515. The van der Waals surface area contributed by atoms with Gasteiger partial charge >= 0.3 is 0 Å². The SMILES string of the molecule is CCc1cc(CC(O)c2cncn2CC)n(C)n1. The summed E-state index contributed by atoms with van der Waals surface area (Å²) < 4.78 is 3.80. The summed E-state index contributed by atoms with van der Waals surface area (Å²) in [4.78, 5) is 4.08. The number of aliphatic hydroxyl groups excluding tert-OH is 1. The van der Waals surface area contributed by atoms with Crippen LogP contribution in [0.3, 0.4) is 0 Å². The Morgan fingerprint density at radius 2 is 2.17 bits per heavy atom.